The number of rotatable bonds is 4. The van der Waals surface area contributed by atoms with Gasteiger partial charge in [-0.3, -0.25) is 9.48 Å². The van der Waals surface area contributed by atoms with E-state index in [1.165, 1.54) is 6.20 Å². The van der Waals surface area contributed by atoms with E-state index in [1.54, 1.807) is 29.1 Å². The molecule has 23 heavy (non-hydrogen) atoms. The van der Waals surface area contributed by atoms with Gasteiger partial charge >= 0.3 is 0 Å². The van der Waals surface area contributed by atoms with Crippen LogP contribution in [0.2, 0.25) is 10.0 Å². The standard InChI is InChI=1S/C17H13Cl2N3O/c18-15-7-6-14(8-16(15)19)21-17(23)13-9-20-22(11-13)10-12-4-2-1-3-5-12/h1-9,11H,10H2,(H,21,23). The second-order valence-corrected chi connectivity index (χ2v) is 5.81. The van der Waals surface area contributed by atoms with Crippen molar-refractivity contribution in [2.75, 3.05) is 5.32 Å². The predicted molar refractivity (Wildman–Crippen MR) is 92.2 cm³/mol. The van der Waals surface area contributed by atoms with E-state index in [-0.39, 0.29) is 5.91 Å². The van der Waals surface area contributed by atoms with E-state index in [2.05, 4.69) is 10.4 Å². The Morgan fingerprint density at radius 2 is 1.87 bits per heavy atom. The van der Waals surface area contributed by atoms with Crippen molar-refractivity contribution in [1.82, 2.24) is 9.78 Å². The second kappa shape index (κ2) is 6.86. The van der Waals surface area contributed by atoms with Crippen LogP contribution in [0.4, 0.5) is 5.69 Å². The summed E-state index contributed by atoms with van der Waals surface area (Å²) in [6, 6.07) is 14.9. The van der Waals surface area contributed by atoms with Gasteiger partial charge in [-0.2, -0.15) is 5.10 Å². The van der Waals surface area contributed by atoms with Crippen LogP contribution in [0.5, 0.6) is 0 Å². The molecule has 1 heterocycles. The fraction of sp³-hybridized carbons (Fsp3) is 0.0588. The summed E-state index contributed by atoms with van der Waals surface area (Å²) >= 11 is 11.8. The van der Waals surface area contributed by atoms with Crippen LogP contribution in [0.15, 0.2) is 60.9 Å². The third kappa shape index (κ3) is 3.92. The van der Waals surface area contributed by atoms with Crippen molar-refractivity contribution in [2.24, 2.45) is 0 Å². The summed E-state index contributed by atoms with van der Waals surface area (Å²) in [5.74, 6) is -0.247. The second-order valence-electron chi connectivity index (χ2n) is 5.00. The molecule has 116 valence electrons. The number of halogens is 2. The average Bonchev–Trinajstić information content (AvgIpc) is 3.00. The van der Waals surface area contributed by atoms with Crippen molar-refractivity contribution in [3.8, 4) is 0 Å². The maximum absolute atomic E-state index is 12.2. The Morgan fingerprint density at radius 1 is 1.09 bits per heavy atom. The number of aromatic nitrogens is 2. The van der Waals surface area contributed by atoms with Gasteiger partial charge < -0.3 is 5.32 Å². The number of hydrogen-bond acceptors (Lipinski definition) is 2. The average molecular weight is 346 g/mol. The molecule has 0 saturated heterocycles. The lowest BCUT2D eigenvalue weighted by molar-refractivity contribution is 0.102. The monoisotopic (exact) mass is 345 g/mol. The number of carbonyl (C=O) groups is 1. The van der Waals surface area contributed by atoms with E-state index in [0.29, 0.717) is 27.8 Å². The predicted octanol–water partition coefficient (Wildman–Crippen LogP) is 4.49. The van der Waals surface area contributed by atoms with Crippen molar-refractivity contribution >= 4 is 34.8 Å². The third-order valence-electron chi connectivity index (χ3n) is 3.26. The first-order valence-electron chi connectivity index (χ1n) is 6.94. The Kier molecular flexibility index (Phi) is 4.65. The number of amides is 1. The van der Waals surface area contributed by atoms with Crippen LogP contribution in [0.3, 0.4) is 0 Å². The maximum Gasteiger partial charge on any atom is 0.258 e. The number of hydrogen-bond donors (Lipinski definition) is 1. The van der Waals surface area contributed by atoms with Gasteiger partial charge in [-0.25, -0.2) is 0 Å². The first-order valence-corrected chi connectivity index (χ1v) is 7.70. The van der Waals surface area contributed by atoms with Crippen LogP contribution in [-0.4, -0.2) is 15.7 Å². The van der Waals surface area contributed by atoms with Crippen LogP contribution in [0.25, 0.3) is 0 Å². The van der Waals surface area contributed by atoms with Crippen LogP contribution in [-0.2, 0) is 6.54 Å². The Labute approximate surface area is 143 Å². The smallest absolute Gasteiger partial charge is 0.258 e. The lowest BCUT2D eigenvalue weighted by Gasteiger charge is -2.05. The van der Waals surface area contributed by atoms with E-state index >= 15 is 0 Å². The summed E-state index contributed by atoms with van der Waals surface area (Å²) in [5.41, 5.74) is 2.18. The highest BCUT2D eigenvalue weighted by molar-refractivity contribution is 6.42. The van der Waals surface area contributed by atoms with E-state index in [9.17, 15) is 4.79 Å². The highest BCUT2D eigenvalue weighted by atomic mass is 35.5. The largest absolute Gasteiger partial charge is 0.322 e. The number of benzene rings is 2. The molecular weight excluding hydrogens is 333 g/mol. The van der Waals surface area contributed by atoms with Crippen molar-refractivity contribution in [1.29, 1.82) is 0 Å². The molecule has 2 aromatic carbocycles. The Bertz CT molecular complexity index is 831. The SMILES string of the molecule is O=C(Nc1ccc(Cl)c(Cl)c1)c1cnn(Cc2ccccc2)c1. The summed E-state index contributed by atoms with van der Waals surface area (Å²) in [7, 11) is 0. The van der Waals surface area contributed by atoms with Gasteiger partial charge in [-0.15, -0.1) is 0 Å². The van der Waals surface area contributed by atoms with Crippen molar-refractivity contribution in [3.05, 3.63) is 82.1 Å². The molecule has 3 aromatic rings. The normalized spacial score (nSPS) is 10.5. The van der Waals surface area contributed by atoms with Crippen LogP contribution in [0, 0.1) is 0 Å². The number of carbonyl (C=O) groups excluding carboxylic acids is 1. The molecule has 1 N–H and O–H groups in total. The van der Waals surface area contributed by atoms with Crippen molar-refractivity contribution in [2.45, 2.75) is 6.54 Å². The summed E-state index contributed by atoms with van der Waals surface area (Å²) in [5, 5.41) is 7.82. The Morgan fingerprint density at radius 3 is 2.61 bits per heavy atom. The minimum atomic E-state index is -0.247. The maximum atomic E-state index is 12.2. The first-order chi connectivity index (χ1) is 11.1. The van der Waals surface area contributed by atoms with Crippen LogP contribution < -0.4 is 5.32 Å². The molecule has 0 saturated carbocycles. The lowest BCUT2D eigenvalue weighted by atomic mass is 10.2. The summed E-state index contributed by atoms with van der Waals surface area (Å²) in [6.45, 7) is 0.612. The first kappa shape index (κ1) is 15.6. The van der Waals surface area contributed by atoms with Gasteiger partial charge in [-0.05, 0) is 23.8 Å². The zero-order valence-electron chi connectivity index (χ0n) is 12.0. The number of nitrogens with zero attached hydrogens (tertiary/aromatic N) is 2. The van der Waals surface area contributed by atoms with Crippen LogP contribution >= 0.6 is 23.2 Å². The molecule has 0 unspecified atom stereocenters. The zero-order chi connectivity index (χ0) is 16.2. The van der Waals surface area contributed by atoms with Crippen molar-refractivity contribution < 1.29 is 4.79 Å². The van der Waals surface area contributed by atoms with Gasteiger partial charge in [0.25, 0.3) is 5.91 Å². The highest BCUT2D eigenvalue weighted by Crippen LogP contribution is 2.25. The van der Waals surface area contributed by atoms with E-state index < -0.39 is 0 Å². The van der Waals surface area contributed by atoms with Gasteiger partial charge in [0, 0.05) is 11.9 Å². The molecule has 0 bridgehead atoms. The molecule has 1 aromatic heterocycles. The molecule has 0 fully saturated rings. The number of nitrogens with one attached hydrogen (secondary N) is 1. The molecule has 0 radical (unpaired) electrons. The Balaban J connectivity index is 1.69. The Hall–Kier alpha value is -2.30. The van der Waals surface area contributed by atoms with E-state index in [0.717, 1.165) is 5.56 Å². The molecule has 6 heteroatoms. The molecule has 0 spiro atoms. The van der Waals surface area contributed by atoms with Gasteiger partial charge in [0.05, 0.1) is 28.4 Å². The number of anilines is 1. The summed E-state index contributed by atoms with van der Waals surface area (Å²) in [6.07, 6.45) is 3.25. The molecule has 1 amide bonds. The quantitative estimate of drug-likeness (QED) is 0.757. The minimum absolute atomic E-state index is 0.247. The zero-order valence-corrected chi connectivity index (χ0v) is 13.6. The fourth-order valence-corrected chi connectivity index (χ4v) is 2.41. The molecular formula is C17H13Cl2N3O. The van der Waals surface area contributed by atoms with Crippen LogP contribution in [0.1, 0.15) is 15.9 Å². The van der Waals surface area contributed by atoms with Gasteiger partial charge in [-0.1, -0.05) is 53.5 Å². The highest BCUT2D eigenvalue weighted by Gasteiger charge is 2.10. The fourth-order valence-electron chi connectivity index (χ4n) is 2.11. The minimum Gasteiger partial charge on any atom is -0.322 e. The lowest BCUT2D eigenvalue weighted by Crippen LogP contribution is -2.11. The van der Waals surface area contributed by atoms with Gasteiger partial charge in [0.15, 0.2) is 0 Å². The summed E-state index contributed by atoms with van der Waals surface area (Å²) < 4.78 is 1.72. The molecule has 0 aliphatic heterocycles. The van der Waals surface area contributed by atoms with Crippen molar-refractivity contribution in [3.63, 3.8) is 0 Å². The topological polar surface area (TPSA) is 46.9 Å². The van der Waals surface area contributed by atoms with Gasteiger partial charge in [0.1, 0.15) is 0 Å². The summed E-state index contributed by atoms with van der Waals surface area (Å²) in [4.78, 5) is 12.2. The molecule has 3 rings (SSSR count). The third-order valence-corrected chi connectivity index (χ3v) is 4.00. The molecule has 4 nitrogen and oxygen atoms in total. The van der Waals surface area contributed by atoms with Gasteiger partial charge in [0.2, 0.25) is 0 Å². The van der Waals surface area contributed by atoms with E-state index in [1.807, 2.05) is 30.3 Å². The molecule has 0 aliphatic carbocycles. The van der Waals surface area contributed by atoms with E-state index in [4.69, 9.17) is 23.2 Å². The molecule has 0 atom stereocenters. The molecule has 0 aliphatic rings.